The van der Waals surface area contributed by atoms with E-state index in [-0.39, 0.29) is 18.4 Å². The summed E-state index contributed by atoms with van der Waals surface area (Å²) in [7, 11) is 0. The minimum Gasteiger partial charge on any atom is -0.465 e. The normalized spacial score (nSPS) is 10.0. The highest BCUT2D eigenvalue weighted by Gasteiger charge is 2.03. The smallest absolute Gasteiger partial charge is 0.404 e. The molecule has 0 bridgehead atoms. The molecule has 4 N–H and O–H groups in total. The van der Waals surface area contributed by atoms with Gasteiger partial charge in [-0.05, 0) is 41.8 Å². The Morgan fingerprint density at radius 1 is 1.00 bits per heavy atom. The third kappa shape index (κ3) is 5.96. The molecular formula is C17H18FN3O3. The Bertz CT molecular complexity index is 704. The summed E-state index contributed by atoms with van der Waals surface area (Å²) in [6, 6.07) is 12.7. The van der Waals surface area contributed by atoms with Crippen LogP contribution in [0.25, 0.3) is 0 Å². The van der Waals surface area contributed by atoms with Gasteiger partial charge < -0.3 is 21.1 Å². The van der Waals surface area contributed by atoms with Crippen LogP contribution < -0.4 is 16.0 Å². The molecule has 2 aromatic carbocycles. The highest BCUT2D eigenvalue weighted by molar-refractivity contribution is 5.89. The summed E-state index contributed by atoms with van der Waals surface area (Å²) in [5, 5.41) is 16.2. The molecule has 0 radical (unpaired) electrons. The molecule has 0 atom stereocenters. The zero-order chi connectivity index (χ0) is 17.4. The Balaban J connectivity index is 1.82. The lowest BCUT2D eigenvalue weighted by Crippen LogP contribution is -2.28. The van der Waals surface area contributed by atoms with E-state index in [9.17, 15) is 14.0 Å². The Morgan fingerprint density at radius 2 is 1.75 bits per heavy atom. The molecule has 7 heteroatoms. The Kier molecular flexibility index (Phi) is 6.13. The van der Waals surface area contributed by atoms with Gasteiger partial charge in [-0.2, -0.15) is 0 Å². The number of nitrogens with one attached hydrogen (secondary N) is 3. The van der Waals surface area contributed by atoms with Crippen LogP contribution in [-0.4, -0.2) is 23.8 Å². The van der Waals surface area contributed by atoms with Crippen molar-refractivity contribution in [1.82, 2.24) is 10.6 Å². The van der Waals surface area contributed by atoms with E-state index in [0.29, 0.717) is 18.7 Å². The van der Waals surface area contributed by atoms with Gasteiger partial charge in [0.2, 0.25) is 0 Å². The average molecular weight is 331 g/mol. The van der Waals surface area contributed by atoms with E-state index < -0.39 is 6.09 Å². The molecule has 0 aliphatic carbocycles. The van der Waals surface area contributed by atoms with Crippen LogP contribution in [0.1, 0.15) is 11.1 Å². The highest BCUT2D eigenvalue weighted by Crippen LogP contribution is 2.11. The van der Waals surface area contributed by atoms with Crippen LogP contribution in [-0.2, 0) is 13.0 Å². The molecule has 126 valence electrons. The summed E-state index contributed by atoms with van der Waals surface area (Å²) in [6.45, 7) is 0.587. The van der Waals surface area contributed by atoms with Crippen LogP contribution in [0.15, 0.2) is 48.5 Å². The fraction of sp³-hybridized carbons (Fsp3) is 0.176. The van der Waals surface area contributed by atoms with Crippen molar-refractivity contribution in [1.29, 1.82) is 0 Å². The molecular weight excluding hydrogens is 313 g/mol. The fourth-order valence-electron chi connectivity index (χ4n) is 2.08. The standard InChI is InChI=1S/C17H18FN3O3/c18-14-6-4-13(5-7-14)11-20-16(22)21-15-3-1-2-12(10-15)8-9-19-17(23)24/h1-7,10,19H,8-9,11H2,(H,23,24)(H2,20,21,22). The van der Waals surface area contributed by atoms with Gasteiger partial charge in [-0.1, -0.05) is 24.3 Å². The minimum atomic E-state index is -1.07. The number of benzene rings is 2. The molecule has 0 aliphatic rings. The number of amides is 3. The third-order valence-corrected chi connectivity index (χ3v) is 3.24. The quantitative estimate of drug-likeness (QED) is 0.656. The average Bonchev–Trinajstić information content (AvgIpc) is 2.54. The van der Waals surface area contributed by atoms with E-state index in [1.54, 1.807) is 30.3 Å². The van der Waals surface area contributed by atoms with Crippen molar-refractivity contribution in [2.24, 2.45) is 0 Å². The number of urea groups is 1. The second-order valence-electron chi connectivity index (χ2n) is 5.12. The van der Waals surface area contributed by atoms with E-state index in [1.165, 1.54) is 12.1 Å². The van der Waals surface area contributed by atoms with Gasteiger partial charge in [0, 0.05) is 18.8 Å². The first-order valence-electron chi connectivity index (χ1n) is 7.38. The van der Waals surface area contributed by atoms with E-state index in [0.717, 1.165) is 11.1 Å². The lowest BCUT2D eigenvalue weighted by molar-refractivity contribution is 0.194. The van der Waals surface area contributed by atoms with E-state index in [4.69, 9.17) is 5.11 Å². The molecule has 6 nitrogen and oxygen atoms in total. The van der Waals surface area contributed by atoms with Gasteiger partial charge in [0.15, 0.2) is 0 Å². The zero-order valence-corrected chi connectivity index (χ0v) is 12.9. The number of halogens is 1. The fourth-order valence-corrected chi connectivity index (χ4v) is 2.08. The summed E-state index contributed by atoms with van der Waals surface area (Å²) in [5.74, 6) is -0.322. The van der Waals surface area contributed by atoms with Crippen LogP contribution in [0.2, 0.25) is 0 Å². The van der Waals surface area contributed by atoms with Crippen LogP contribution in [0.4, 0.5) is 19.7 Å². The van der Waals surface area contributed by atoms with E-state index in [2.05, 4.69) is 16.0 Å². The highest BCUT2D eigenvalue weighted by atomic mass is 19.1. The number of carbonyl (C=O) groups excluding carboxylic acids is 1. The van der Waals surface area contributed by atoms with Gasteiger partial charge in [-0.25, -0.2) is 14.0 Å². The van der Waals surface area contributed by atoms with Gasteiger partial charge in [-0.3, -0.25) is 0 Å². The summed E-state index contributed by atoms with van der Waals surface area (Å²) >= 11 is 0. The maximum absolute atomic E-state index is 12.8. The van der Waals surface area contributed by atoms with Crippen molar-refractivity contribution >= 4 is 17.8 Å². The van der Waals surface area contributed by atoms with Gasteiger partial charge in [0.25, 0.3) is 0 Å². The Morgan fingerprint density at radius 3 is 2.46 bits per heavy atom. The van der Waals surface area contributed by atoms with Crippen LogP contribution in [0.5, 0.6) is 0 Å². The molecule has 0 unspecified atom stereocenters. The van der Waals surface area contributed by atoms with Crippen molar-refractivity contribution < 1.29 is 19.1 Å². The minimum absolute atomic E-state index is 0.286. The lowest BCUT2D eigenvalue weighted by atomic mass is 10.1. The first kappa shape index (κ1) is 17.3. The van der Waals surface area contributed by atoms with Crippen molar-refractivity contribution in [2.75, 3.05) is 11.9 Å². The van der Waals surface area contributed by atoms with Gasteiger partial charge >= 0.3 is 12.1 Å². The molecule has 0 heterocycles. The molecule has 2 rings (SSSR count). The maximum atomic E-state index is 12.8. The SMILES string of the molecule is O=C(O)NCCc1cccc(NC(=O)NCc2ccc(F)cc2)c1. The van der Waals surface area contributed by atoms with Crippen molar-refractivity contribution in [2.45, 2.75) is 13.0 Å². The first-order chi connectivity index (χ1) is 11.5. The van der Waals surface area contributed by atoms with Crippen molar-refractivity contribution in [3.8, 4) is 0 Å². The molecule has 0 aliphatic heterocycles. The van der Waals surface area contributed by atoms with Crippen molar-refractivity contribution in [3.63, 3.8) is 0 Å². The van der Waals surface area contributed by atoms with Crippen LogP contribution in [0, 0.1) is 5.82 Å². The summed E-state index contributed by atoms with van der Waals surface area (Å²) < 4.78 is 12.8. The number of hydrogen-bond acceptors (Lipinski definition) is 2. The Hall–Kier alpha value is -3.09. The summed E-state index contributed by atoms with van der Waals surface area (Å²) in [4.78, 5) is 22.3. The largest absolute Gasteiger partial charge is 0.465 e. The Labute approximate surface area is 138 Å². The van der Waals surface area contributed by atoms with Gasteiger partial charge in [0.05, 0.1) is 0 Å². The van der Waals surface area contributed by atoms with Gasteiger partial charge in [-0.15, -0.1) is 0 Å². The van der Waals surface area contributed by atoms with Crippen LogP contribution >= 0.6 is 0 Å². The predicted octanol–water partition coefficient (Wildman–Crippen LogP) is 2.96. The van der Waals surface area contributed by atoms with E-state index in [1.807, 2.05) is 6.07 Å². The summed E-state index contributed by atoms with van der Waals surface area (Å²) in [6.07, 6.45) is -0.539. The van der Waals surface area contributed by atoms with E-state index >= 15 is 0 Å². The number of hydrogen-bond donors (Lipinski definition) is 4. The molecule has 0 aromatic heterocycles. The van der Waals surface area contributed by atoms with Gasteiger partial charge in [0.1, 0.15) is 5.82 Å². The zero-order valence-electron chi connectivity index (χ0n) is 12.9. The molecule has 2 aromatic rings. The molecule has 0 saturated heterocycles. The first-order valence-corrected chi connectivity index (χ1v) is 7.38. The number of anilines is 1. The number of rotatable bonds is 6. The molecule has 3 amide bonds. The monoisotopic (exact) mass is 331 g/mol. The topological polar surface area (TPSA) is 90.5 Å². The van der Waals surface area contributed by atoms with Crippen molar-refractivity contribution in [3.05, 3.63) is 65.5 Å². The van der Waals surface area contributed by atoms with Crippen LogP contribution in [0.3, 0.4) is 0 Å². The summed E-state index contributed by atoms with van der Waals surface area (Å²) in [5.41, 5.74) is 2.31. The second-order valence-corrected chi connectivity index (χ2v) is 5.12. The number of carbonyl (C=O) groups is 2. The third-order valence-electron chi connectivity index (χ3n) is 3.24. The molecule has 0 spiro atoms. The lowest BCUT2D eigenvalue weighted by Gasteiger charge is -2.09. The molecule has 0 fully saturated rings. The molecule has 0 saturated carbocycles. The predicted molar refractivity (Wildman–Crippen MR) is 88.4 cm³/mol. The molecule has 24 heavy (non-hydrogen) atoms. The second kappa shape index (κ2) is 8.52. The maximum Gasteiger partial charge on any atom is 0.404 e. The number of carboxylic acid groups (broad SMARTS) is 1.